The summed E-state index contributed by atoms with van der Waals surface area (Å²) in [4.78, 5) is 47.5. The van der Waals surface area contributed by atoms with Gasteiger partial charge in [-0.05, 0) is 81.7 Å². The molecule has 5 rings (SSSR count). The molecule has 3 amide bonds. The largest absolute Gasteiger partial charge is 0.349 e. The standard InChI is InChI=1S/C29H36ClN5O3/c1-18-14-20(6-7-24(18)30)17-34-12-10-23(11-13-34)35-25(8-9-27(35)36)29(38)33-26-16-21(15-19(2)31-26)28(37)32-22-4-3-5-22/h6-7,14-16,22-23,25H,3-5,8-13,17H2,1-2H3,(H,32,37)(H,31,33,38)/t25-/m1/s1. The first-order chi connectivity index (χ1) is 18.3. The highest BCUT2D eigenvalue weighted by atomic mass is 35.5. The summed E-state index contributed by atoms with van der Waals surface area (Å²) in [6.45, 7) is 6.39. The highest BCUT2D eigenvalue weighted by molar-refractivity contribution is 6.31. The van der Waals surface area contributed by atoms with E-state index in [1.54, 1.807) is 24.0 Å². The molecule has 2 aromatic rings. The molecule has 1 aromatic carbocycles. The number of aryl methyl sites for hydroxylation is 2. The van der Waals surface area contributed by atoms with Crippen LogP contribution in [0.5, 0.6) is 0 Å². The van der Waals surface area contributed by atoms with Crippen LogP contribution in [0.15, 0.2) is 30.3 Å². The molecule has 9 heteroatoms. The predicted octanol–water partition coefficient (Wildman–Crippen LogP) is 4.23. The van der Waals surface area contributed by atoms with E-state index in [0.717, 1.165) is 62.3 Å². The van der Waals surface area contributed by atoms with Crippen LogP contribution in [-0.4, -0.2) is 63.7 Å². The van der Waals surface area contributed by atoms with Crippen molar-refractivity contribution in [3.05, 3.63) is 57.7 Å². The van der Waals surface area contributed by atoms with Crippen LogP contribution >= 0.6 is 11.6 Å². The van der Waals surface area contributed by atoms with Gasteiger partial charge < -0.3 is 15.5 Å². The van der Waals surface area contributed by atoms with Gasteiger partial charge in [-0.15, -0.1) is 0 Å². The molecule has 0 bridgehead atoms. The van der Waals surface area contributed by atoms with Gasteiger partial charge in [0.1, 0.15) is 11.9 Å². The molecule has 0 spiro atoms. The van der Waals surface area contributed by atoms with Crippen molar-refractivity contribution in [3.8, 4) is 0 Å². The number of carbonyl (C=O) groups excluding carboxylic acids is 3. The molecule has 2 saturated heterocycles. The second-order valence-electron chi connectivity index (χ2n) is 10.9. The lowest BCUT2D eigenvalue weighted by atomic mass is 9.93. The number of benzene rings is 1. The molecule has 2 aliphatic heterocycles. The van der Waals surface area contributed by atoms with Gasteiger partial charge in [0.2, 0.25) is 11.8 Å². The van der Waals surface area contributed by atoms with Gasteiger partial charge in [0, 0.05) is 54.4 Å². The number of pyridine rings is 1. The van der Waals surface area contributed by atoms with Crippen LogP contribution in [0.4, 0.5) is 5.82 Å². The second-order valence-corrected chi connectivity index (χ2v) is 11.3. The summed E-state index contributed by atoms with van der Waals surface area (Å²) in [5.74, 6) is 0.00286. The Morgan fingerprint density at radius 3 is 2.50 bits per heavy atom. The molecule has 0 unspecified atom stereocenters. The number of nitrogens with one attached hydrogen (secondary N) is 2. The van der Waals surface area contributed by atoms with Crippen molar-refractivity contribution in [2.45, 2.75) is 83.5 Å². The Bertz CT molecular complexity index is 1220. The fourth-order valence-electron chi connectivity index (χ4n) is 5.73. The topological polar surface area (TPSA) is 94.6 Å². The smallest absolute Gasteiger partial charge is 0.251 e. The molecular formula is C29H36ClN5O3. The molecule has 1 atom stereocenters. The van der Waals surface area contributed by atoms with E-state index in [1.807, 2.05) is 13.0 Å². The monoisotopic (exact) mass is 537 g/mol. The van der Waals surface area contributed by atoms with Crippen LogP contribution in [0.1, 0.15) is 72.1 Å². The van der Waals surface area contributed by atoms with Crippen LogP contribution in [0.2, 0.25) is 5.02 Å². The molecule has 8 nitrogen and oxygen atoms in total. The minimum absolute atomic E-state index is 0.0368. The number of likely N-dealkylation sites (tertiary alicyclic amines) is 2. The Hall–Kier alpha value is -2.97. The van der Waals surface area contributed by atoms with Crippen molar-refractivity contribution in [2.75, 3.05) is 18.4 Å². The number of aromatic nitrogens is 1. The molecule has 1 saturated carbocycles. The minimum Gasteiger partial charge on any atom is -0.349 e. The molecule has 3 fully saturated rings. The minimum atomic E-state index is -0.521. The summed E-state index contributed by atoms with van der Waals surface area (Å²) in [7, 11) is 0. The summed E-state index contributed by atoms with van der Waals surface area (Å²) in [5.41, 5.74) is 3.45. The molecule has 38 heavy (non-hydrogen) atoms. The lowest BCUT2D eigenvalue weighted by Gasteiger charge is -2.39. The third-order valence-electron chi connectivity index (χ3n) is 8.04. The Morgan fingerprint density at radius 1 is 1.05 bits per heavy atom. The summed E-state index contributed by atoms with van der Waals surface area (Å²) >= 11 is 6.17. The van der Waals surface area contributed by atoms with Gasteiger partial charge in [0.05, 0.1) is 0 Å². The second kappa shape index (κ2) is 11.4. The Labute approximate surface area is 229 Å². The zero-order chi connectivity index (χ0) is 26.8. The molecule has 2 N–H and O–H groups in total. The maximum absolute atomic E-state index is 13.3. The van der Waals surface area contributed by atoms with Crippen LogP contribution in [0, 0.1) is 13.8 Å². The van der Waals surface area contributed by atoms with Gasteiger partial charge in [0.25, 0.3) is 5.91 Å². The zero-order valence-electron chi connectivity index (χ0n) is 22.1. The number of rotatable bonds is 7. The third kappa shape index (κ3) is 6.02. The fourth-order valence-corrected chi connectivity index (χ4v) is 5.85. The highest BCUT2D eigenvalue weighted by Crippen LogP contribution is 2.29. The number of anilines is 1. The molecular weight excluding hydrogens is 502 g/mol. The molecule has 1 aliphatic carbocycles. The third-order valence-corrected chi connectivity index (χ3v) is 8.47. The summed E-state index contributed by atoms with van der Waals surface area (Å²) in [6, 6.07) is 9.23. The molecule has 3 heterocycles. The van der Waals surface area contributed by atoms with Gasteiger partial charge in [-0.2, -0.15) is 0 Å². The van der Waals surface area contributed by atoms with E-state index in [9.17, 15) is 14.4 Å². The number of halogens is 1. The van der Waals surface area contributed by atoms with Crippen LogP contribution in [-0.2, 0) is 16.1 Å². The quantitative estimate of drug-likeness (QED) is 0.551. The van der Waals surface area contributed by atoms with E-state index in [1.165, 1.54) is 5.56 Å². The van der Waals surface area contributed by atoms with Gasteiger partial charge in [-0.1, -0.05) is 23.7 Å². The summed E-state index contributed by atoms with van der Waals surface area (Å²) < 4.78 is 0. The van der Waals surface area contributed by atoms with Gasteiger partial charge in [0.15, 0.2) is 0 Å². The lowest BCUT2D eigenvalue weighted by molar-refractivity contribution is -0.136. The number of carbonyl (C=O) groups is 3. The average Bonchev–Trinajstić information content (AvgIpc) is 3.25. The zero-order valence-corrected chi connectivity index (χ0v) is 22.9. The fraction of sp³-hybridized carbons (Fsp3) is 0.517. The van der Waals surface area contributed by atoms with Crippen molar-refractivity contribution in [1.29, 1.82) is 0 Å². The van der Waals surface area contributed by atoms with Crippen LogP contribution < -0.4 is 10.6 Å². The number of piperidine rings is 1. The van der Waals surface area contributed by atoms with Crippen molar-refractivity contribution in [3.63, 3.8) is 0 Å². The first-order valence-electron chi connectivity index (χ1n) is 13.7. The first kappa shape index (κ1) is 26.6. The van der Waals surface area contributed by atoms with E-state index in [4.69, 9.17) is 11.6 Å². The highest BCUT2D eigenvalue weighted by Gasteiger charge is 2.41. The summed E-state index contributed by atoms with van der Waals surface area (Å²) in [6.07, 6.45) is 5.68. The van der Waals surface area contributed by atoms with Gasteiger partial charge >= 0.3 is 0 Å². The number of nitrogens with zero attached hydrogens (tertiary/aromatic N) is 3. The first-order valence-corrected chi connectivity index (χ1v) is 14.0. The van der Waals surface area contributed by atoms with Crippen molar-refractivity contribution in [1.82, 2.24) is 20.1 Å². The molecule has 0 radical (unpaired) electrons. The van der Waals surface area contributed by atoms with Crippen molar-refractivity contribution >= 4 is 35.1 Å². The number of amides is 3. The number of hydrogen-bond acceptors (Lipinski definition) is 5. The van der Waals surface area contributed by atoms with E-state index >= 15 is 0 Å². The Morgan fingerprint density at radius 2 is 1.82 bits per heavy atom. The normalized spacial score (nSPS) is 20.9. The van der Waals surface area contributed by atoms with Crippen LogP contribution in [0.25, 0.3) is 0 Å². The van der Waals surface area contributed by atoms with E-state index < -0.39 is 6.04 Å². The van der Waals surface area contributed by atoms with Gasteiger partial charge in [-0.25, -0.2) is 4.98 Å². The maximum atomic E-state index is 13.3. The Balaban J connectivity index is 1.20. The average molecular weight is 538 g/mol. The molecule has 1 aromatic heterocycles. The lowest BCUT2D eigenvalue weighted by Crippen LogP contribution is -2.51. The van der Waals surface area contributed by atoms with Gasteiger partial charge in [-0.3, -0.25) is 19.3 Å². The van der Waals surface area contributed by atoms with E-state index in [-0.39, 0.29) is 29.8 Å². The maximum Gasteiger partial charge on any atom is 0.251 e. The molecule has 3 aliphatic rings. The SMILES string of the molecule is Cc1cc(C(=O)NC2CCC2)cc(NC(=O)[C@H]2CCC(=O)N2C2CCN(Cc3ccc(Cl)c(C)c3)CC2)n1. The number of hydrogen-bond donors (Lipinski definition) is 2. The summed E-state index contributed by atoms with van der Waals surface area (Å²) in [5, 5.41) is 6.71. The molecule has 202 valence electrons. The van der Waals surface area contributed by atoms with E-state index in [2.05, 4.69) is 32.7 Å². The van der Waals surface area contributed by atoms with E-state index in [0.29, 0.717) is 29.9 Å². The van der Waals surface area contributed by atoms with Crippen molar-refractivity contribution in [2.24, 2.45) is 0 Å². The van der Waals surface area contributed by atoms with Crippen molar-refractivity contribution < 1.29 is 14.4 Å². The Kier molecular flexibility index (Phi) is 8.00. The van der Waals surface area contributed by atoms with Crippen LogP contribution in [0.3, 0.4) is 0 Å². The predicted molar refractivity (Wildman–Crippen MR) is 147 cm³/mol.